The number of fused-ring (bicyclic) bond motifs is 1. The van der Waals surface area contributed by atoms with Crippen molar-refractivity contribution in [2.45, 2.75) is 13.1 Å². The molecule has 1 aromatic heterocycles. The van der Waals surface area contributed by atoms with E-state index in [1.165, 1.54) is 0 Å². The van der Waals surface area contributed by atoms with Gasteiger partial charge in [0.25, 0.3) is 0 Å². The zero-order valence-corrected chi connectivity index (χ0v) is 9.74. The van der Waals surface area contributed by atoms with E-state index in [-0.39, 0.29) is 0 Å². The number of anilines is 2. The number of hydrogen-bond donors (Lipinski definition) is 1. The van der Waals surface area contributed by atoms with E-state index in [9.17, 15) is 0 Å². The molecule has 0 saturated heterocycles. The molecule has 2 N–H and O–H groups in total. The van der Waals surface area contributed by atoms with Gasteiger partial charge in [-0.1, -0.05) is 0 Å². The smallest absolute Gasteiger partial charge is 0.152 e. The van der Waals surface area contributed by atoms with Gasteiger partial charge < -0.3 is 15.2 Å². The molecule has 1 aliphatic rings. The third-order valence-corrected chi connectivity index (χ3v) is 3.16. The summed E-state index contributed by atoms with van der Waals surface area (Å²) in [7, 11) is 0. The van der Waals surface area contributed by atoms with Crippen LogP contribution >= 0.6 is 0 Å². The Morgan fingerprint density at radius 1 is 1.33 bits per heavy atom. The molecule has 0 unspecified atom stereocenters. The van der Waals surface area contributed by atoms with Crippen molar-refractivity contribution < 1.29 is 0 Å². The molecule has 0 bridgehead atoms. The Kier molecular flexibility index (Phi) is 2.38. The van der Waals surface area contributed by atoms with Crippen molar-refractivity contribution in [1.29, 1.82) is 5.26 Å². The summed E-state index contributed by atoms with van der Waals surface area (Å²) in [6, 6.07) is 7.63. The van der Waals surface area contributed by atoms with E-state index in [4.69, 9.17) is 11.0 Å². The Morgan fingerprint density at radius 2 is 2.22 bits per heavy atom. The first kappa shape index (κ1) is 10.6. The number of nitrogens with two attached hydrogens (primary N) is 1. The Labute approximate surface area is 104 Å². The third-order valence-electron chi connectivity index (χ3n) is 3.16. The summed E-state index contributed by atoms with van der Waals surface area (Å²) in [5.41, 5.74) is 7.75. The minimum Gasteiger partial charge on any atom is -0.398 e. The molecule has 90 valence electrons. The normalized spacial score (nSPS) is 14.1. The zero-order valence-electron chi connectivity index (χ0n) is 9.74. The Balaban J connectivity index is 1.91. The molecule has 0 atom stereocenters. The summed E-state index contributed by atoms with van der Waals surface area (Å²) >= 11 is 0. The first-order valence-electron chi connectivity index (χ1n) is 5.69. The van der Waals surface area contributed by atoms with Crippen LogP contribution in [-0.4, -0.2) is 21.3 Å². The molecule has 18 heavy (non-hydrogen) atoms. The molecule has 3 rings (SSSR count). The zero-order chi connectivity index (χ0) is 12.5. The molecule has 2 heterocycles. The van der Waals surface area contributed by atoms with Crippen molar-refractivity contribution in [3.8, 4) is 6.07 Å². The highest BCUT2D eigenvalue weighted by molar-refractivity contribution is 5.62. The molecule has 6 heteroatoms. The standard InChI is InChI=1S/C12H12N6/c13-6-9-5-10(1-2-11(9)14)17-3-4-18-8-15-16-12(18)7-17/h1-2,5,8H,3-4,7,14H2. The summed E-state index contributed by atoms with van der Waals surface area (Å²) in [5, 5.41) is 17.0. The lowest BCUT2D eigenvalue weighted by atomic mass is 10.1. The monoisotopic (exact) mass is 240 g/mol. The van der Waals surface area contributed by atoms with Crippen LogP contribution in [0.3, 0.4) is 0 Å². The van der Waals surface area contributed by atoms with Crippen LogP contribution in [0.2, 0.25) is 0 Å². The molecule has 0 spiro atoms. The van der Waals surface area contributed by atoms with Crippen LogP contribution in [0.15, 0.2) is 24.5 Å². The van der Waals surface area contributed by atoms with Gasteiger partial charge in [-0.15, -0.1) is 10.2 Å². The van der Waals surface area contributed by atoms with Gasteiger partial charge in [0.1, 0.15) is 12.4 Å². The van der Waals surface area contributed by atoms with Crippen molar-refractivity contribution in [2.24, 2.45) is 0 Å². The maximum Gasteiger partial charge on any atom is 0.152 e. The first-order chi connectivity index (χ1) is 8.78. The van der Waals surface area contributed by atoms with Gasteiger partial charge in [0.05, 0.1) is 12.1 Å². The van der Waals surface area contributed by atoms with Gasteiger partial charge in [-0.05, 0) is 18.2 Å². The maximum absolute atomic E-state index is 8.99. The van der Waals surface area contributed by atoms with Crippen LogP contribution < -0.4 is 10.6 Å². The molecule has 0 amide bonds. The number of hydrogen-bond acceptors (Lipinski definition) is 5. The summed E-state index contributed by atoms with van der Waals surface area (Å²) in [5.74, 6) is 0.941. The van der Waals surface area contributed by atoms with Crippen molar-refractivity contribution >= 4 is 11.4 Å². The fourth-order valence-electron chi connectivity index (χ4n) is 2.12. The van der Waals surface area contributed by atoms with Gasteiger partial charge in [-0.2, -0.15) is 5.26 Å². The number of benzene rings is 1. The van der Waals surface area contributed by atoms with E-state index >= 15 is 0 Å². The van der Waals surface area contributed by atoms with Gasteiger partial charge >= 0.3 is 0 Å². The lowest BCUT2D eigenvalue weighted by molar-refractivity contribution is 0.560. The number of rotatable bonds is 1. The SMILES string of the molecule is N#Cc1cc(N2CCn3cnnc3C2)ccc1N. The van der Waals surface area contributed by atoms with Gasteiger partial charge in [0.15, 0.2) is 5.82 Å². The quantitative estimate of drug-likeness (QED) is 0.744. The Bertz CT molecular complexity index is 624. The van der Waals surface area contributed by atoms with E-state index in [0.29, 0.717) is 17.8 Å². The van der Waals surface area contributed by atoms with E-state index in [0.717, 1.165) is 24.6 Å². The Hall–Kier alpha value is -2.55. The molecule has 1 aliphatic heterocycles. The van der Waals surface area contributed by atoms with Crippen LogP contribution in [0.5, 0.6) is 0 Å². The van der Waals surface area contributed by atoms with Crippen LogP contribution in [0.4, 0.5) is 11.4 Å². The van der Waals surface area contributed by atoms with Crippen LogP contribution in [-0.2, 0) is 13.1 Å². The number of aromatic nitrogens is 3. The van der Waals surface area contributed by atoms with Crippen molar-refractivity contribution in [2.75, 3.05) is 17.2 Å². The van der Waals surface area contributed by atoms with E-state index in [2.05, 4.69) is 21.2 Å². The highest BCUT2D eigenvalue weighted by atomic mass is 15.3. The maximum atomic E-state index is 8.99. The third kappa shape index (κ3) is 1.66. The van der Waals surface area contributed by atoms with Crippen LogP contribution in [0, 0.1) is 11.3 Å². The lowest BCUT2D eigenvalue weighted by Crippen LogP contribution is -2.33. The van der Waals surface area contributed by atoms with Crippen LogP contribution in [0.1, 0.15) is 11.4 Å². The first-order valence-corrected chi connectivity index (χ1v) is 5.69. The average Bonchev–Trinajstić information content (AvgIpc) is 2.86. The summed E-state index contributed by atoms with van der Waals surface area (Å²) < 4.78 is 2.04. The van der Waals surface area contributed by atoms with E-state index in [1.807, 2.05) is 16.7 Å². The minimum absolute atomic E-state index is 0.513. The second-order valence-electron chi connectivity index (χ2n) is 4.25. The fourth-order valence-corrected chi connectivity index (χ4v) is 2.12. The topological polar surface area (TPSA) is 83.8 Å². The minimum atomic E-state index is 0.513. The summed E-state index contributed by atoms with van der Waals surface area (Å²) in [6.07, 6.45) is 1.75. The van der Waals surface area contributed by atoms with Gasteiger partial charge in [-0.3, -0.25) is 0 Å². The molecule has 2 aromatic rings. The molecular formula is C12H12N6. The van der Waals surface area contributed by atoms with Gasteiger partial charge in [-0.25, -0.2) is 0 Å². The second kappa shape index (κ2) is 4.04. The Morgan fingerprint density at radius 3 is 3.06 bits per heavy atom. The number of nitrogens with zero attached hydrogens (tertiary/aromatic N) is 5. The highest BCUT2D eigenvalue weighted by Crippen LogP contribution is 2.23. The highest BCUT2D eigenvalue weighted by Gasteiger charge is 2.18. The molecular weight excluding hydrogens is 228 g/mol. The fraction of sp³-hybridized carbons (Fsp3) is 0.250. The van der Waals surface area contributed by atoms with Gasteiger partial charge in [0.2, 0.25) is 0 Å². The molecule has 1 aromatic carbocycles. The molecule has 0 radical (unpaired) electrons. The van der Waals surface area contributed by atoms with E-state index in [1.54, 1.807) is 12.4 Å². The van der Waals surface area contributed by atoms with Crippen molar-refractivity contribution in [1.82, 2.24) is 14.8 Å². The van der Waals surface area contributed by atoms with Crippen molar-refractivity contribution in [3.05, 3.63) is 35.9 Å². The summed E-state index contributed by atoms with van der Waals surface area (Å²) in [4.78, 5) is 2.17. The predicted molar refractivity (Wildman–Crippen MR) is 66.6 cm³/mol. The average molecular weight is 240 g/mol. The van der Waals surface area contributed by atoms with Gasteiger partial charge in [0, 0.05) is 24.5 Å². The predicted octanol–water partition coefficient (Wildman–Crippen LogP) is 0.752. The molecule has 0 fully saturated rings. The second-order valence-corrected chi connectivity index (χ2v) is 4.25. The van der Waals surface area contributed by atoms with Crippen molar-refractivity contribution in [3.63, 3.8) is 0 Å². The molecule has 0 aliphatic carbocycles. The number of nitrogen functional groups attached to an aromatic ring is 1. The number of nitriles is 1. The summed E-state index contributed by atoms with van der Waals surface area (Å²) in [6.45, 7) is 2.43. The molecule has 0 saturated carbocycles. The lowest BCUT2D eigenvalue weighted by Gasteiger charge is -2.29. The van der Waals surface area contributed by atoms with E-state index < -0.39 is 0 Å². The van der Waals surface area contributed by atoms with Crippen LogP contribution in [0.25, 0.3) is 0 Å². The molecule has 6 nitrogen and oxygen atoms in total. The largest absolute Gasteiger partial charge is 0.398 e.